The van der Waals surface area contributed by atoms with Gasteiger partial charge in [-0.1, -0.05) is 20.8 Å². The molecular weight excluding hydrogens is 232 g/mol. The zero-order valence-electron chi connectivity index (χ0n) is 10.6. The summed E-state index contributed by atoms with van der Waals surface area (Å²) < 4.78 is 1.82. The molecule has 0 spiro atoms. The molecule has 0 bridgehead atoms. The molecule has 2 N–H and O–H groups in total. The van der Waals surface area contributed by atoms with Gasteiger partial charge in [-0.3, -0.25) is 4.68 Å². The van der Waals surface area contributed by atoms with Gasteiger partial charge < -0.3 is 5.73 Å². The van der Waals surface area contributed by atoms with Crippen molar-refractivity contribution in [2.75, 3.05) is 0 Å². The molecule has 0 aliphatic rings. The Labute approximate surface area is 105 Å². The van der Waals surface area contributed by atoms with Gasteiger partial charge in [0.25, 0.3) is 0 Å². The maximum Gasteiger partial charge on any atom is 0.114 e. The Morgan fingerprint density at radius 3 is 2.65 bits per heavy atom. The van der Waals surface area contributed by atoms with Crippen LogP contribution in [-0.4, -0.2) is 14.8 Å². The van der Waals surface area contributed by atoms with Crippen molar-refractivity contribution < 1.29 is 0 Å². The first-order chi connectivity index (χ1) is 7.89. The van der Waals surface area contributed by atoms with Crippen molar-refractivity contribution in [1.82, 2.24) is 14.8 Å². The van der Waals surface area contributed by atoms with Crippen molar-refractivity contribution in [2.45, 2.75) is 32.2 Å². The molecule has 0 fully saturated rings. The maximum atomic E-state index is 6.27. The van der Waals surface area contributed by atoms with E-state index < -0.39 is 0 Å². The third-order valence-electron chi connectivity index (χ3n) is 2.62. The van der Waals surface area contributed by atoms with Crippen LogP contribution in [0, 0.1) is 0 Å². The van der Waals surface area contributed by atoms with Crippen LogP contribution in [0.5, 0.6) is 0 Å². The molecular formula is C12H18N4S. The number of hydrogen-bond donors (Lipinski definition) is 1. The van der Waals surface area contributed by atoms with Crippen LogP contribution in [0.3, 0.4) is 0 Å². The summed E-state index contributed by atoms with van der Waals surface area (Å²) in [4.78, 5) is 4.28. The van der Waals surface area contributed by atoms with Crippen molar-refractivity contribution in [1.29, 1.82) is 0 Å². The monoisotopic (exact) mass is 250 g/mol. The Balaban J connectivity index is 2.45. The van der Waals surface area contributed by atoms with Crippen LogP contribution < -0.4 is 5.73 Å². The fourth-order valence-corrected chi connectivity index (χ4v) is 2.49. The molecule has 1 atom stereocenters. The average molecular weight is 250 g/mol. The van der Waals surface area contributed by atoms with Crippen molar-refractivity contribution in [2.24, 2.45) is 12.8 Å². The third-order valence-corrected chi connectivity index (χ3v) is 3.48. The Kier molecular flexibility index (Phi) is 3.05. The fraction of sp³-hybridized carbons (Fsp3) is 0.500. The van der Waals surface area contributed by atoms with E-state index in [1.54, 1.807) is 17.5 Å². The van der Waals surface area contributed by atoms with Crippen LogP contribution in [0.15, 0.2) is 17.8 Å². The molecule has 0 aliphatic heterocycles. The molecule has 0 saturated carbocycles. The van der Waals surface area contributed by atoms with Crippen LogP contribution >= 0.6 is 11.3 Å². The summed E-state index contributed by atoms with van der Waals surface area (Å²) in [5.41, 5.74) is 8.37. The second-order valence-corrected chi connectivity index (χ2v) is 6.13. The van der Waals surface area contributed by atoms with E-state index in [0.717, 1.165) is 16.3 Å². The molecule has 5 heteroatoms. The second kappa shape index (κ2) is 4.23. The maximum absolute atomic E-state index is 6.27. The lowest BCUT2D eigenvalue weighted by atomic mass is 9.88. The first-order valence-corrected chi connectivity index (χ1v) is 6.46. The quantitative estimate of drug-likeness (QED) is 0.889. The van der Waals surface area contributed by atoms with Crippen molar-refractivity contribution in [3.63, 3.8) is 0 Å². The highest BCUT2D eigenvalue weighted by molar-refractivity contribution is 7.09. The van der Waals surface area contributed by atoms with Gasteiger partial charge in [0.15, 0.2) is 0 Å². The second-order valence-electron chi connectivity index (χ2n) is 5.20. The summed E-state index contributed by atoms with van der Waals surface area (Å²) >= 11 is 1.58. The third kappa shape index (κ3) is 2.40. The van der Waals surface area contributed by atoms with E-state index >= 15 is 0 Å². The largest absolute Gasteiger partial charge is 0.318 e. The minimum absolute atomic E-state index is 0.00846. The Bertz CT molecular complexity index is 493. The van der Waals surface area contributed by atoms with Crippen LogP contribution in [0.2, 0.25) is 0 Å². The van der Waals surface area contributed by atoms with Gasteiger partial charge in [-0.15, -0.1) is 11.3 Å². The Hall–Kier alpha value is -1.20. The molecule has 0 aromatic carbocycles. The number of rotatable bonds is 2. The van der Waals surface area contributed by atoms with E-state index in [4.69, 9.17) is 5.73 Å². The van der Waals surface area contributed by atoms with Gasteiger partial charge in [-0.25, -0.2) is 4.98 Å². The standard InChI is InChI=1S/C12H18N4S/c1-12(2,3)10-8(7-16(4)15-10)9(13)11-14-5-6-17-11/h5-7,9H,13H2,1-4H3. The average Bonchev–Trinajstić information content (AvgIpc) is 2.83. The van der Waals surface area contributed by atoms with Gasteiger partial charge in [-0.05, 0) is 0 Å². The number of nitrogens with zero attached hydrogens (tertiary/aromatic N) is 3. The highest BCUT2D eigenvalue weighted by Crippen LogP contribution is 2.30. The van der Waals surface area contributed by atoms with Gasteiger partial charge in [-0.2, -0.15) is 5.10 Å². The highest BCUT2D eigenvalue weighted by Gasteiger charge is 2.26. The van der Waals surface area contributed by atoms with Gasteiger partial charge in [0, 0.05) is 35.8 Å². The fourth-order valence-electron chi connectivity index (χ4n) is 1.84. The normalized spacial score (nSPS) is 13.9. The summed E-state index contributed by atoms with van der Waals surface area (Å²) in [5.74, 6) is 0. The lowest BCUT2D eigenvalue weighted by molar-refractivity contribution is 0.545. The van der Waals surface area contributed by atoms with Crippen molar-refractivity contribution >= 4 is 11.3 Å². The summed E-state index contributed by atoms with van der Waals surface area (Å²) in [6.07, 6.45) is 3.78. The van der Waals surface area contributed by atoms with E-state index in [1.165, 1.54) is 0 Å². The summed E-state index contributed by atoms with van der Waals surface area (Å²) in [6.45, 7) is 6.44. The summed E-state index contributed by atoms with van der Waals surface area (Å²) in [5, 5.41) is 7.41. The lowest BCUT2D eigenvalue weighted by Gasteiger charge is -2.19. The minimum Gasteiger partial charge on any atom is -0.318 e. The molecule has 17 heavy (non-hydrogen) atoms. The van der Waals surface area contributed by atoms with E-state index in [9.17, 15) is 0 Å². The van der Waals surface area contributed by atoms with E-state index in [1.807, 2.05) is 23.3 Å². The number of aromatic nitrogens is 3. The molecule has 92 valence electrons. The van der Waals surface area contributed by atoms with E-state index in [2.05, 4.69) is 30.9 Å². The molecule has 0 amide bonds. The first kappa shape index (κ1) is 12.3. The van der Waals surface area contributed by atoms with Crippen LogP contribution in [-0.2, 0) is 12.5 Å². The Morgan fingerprint density at radius 1 is 1.41 bits per heavy atom. The number of nitrogens with two attached hydrogens (primary N) is 1. The molecule has 0 saturated heterocycles. The SMILES string of the molecule is Cn1cc(C(N)c2nccs2)c(C(C)(C)C)n1. The zero-order chi connectivity index (χ0) is 12.6. The lowest BCUT2D eigenvalue weighted by Crippen LogP contribution is -2.20. The minimum atomic E-state index is -0.182. The Morgan fingerprint density at radius 2 is 2.12 bits per heavy atom. The summed E-state index contributed by atoms with van der Waals surface area (Å²) in [7, 11) is 1.92. The molecule has 4 nitrogen and oxygen atoms in total. The molecule has 0 radical (unpaired) electrons. The van der Waals surface area contributed by atoms with Crippen LogP contribution in [0.25, 0.3) is 0 Å². The summed E-state index contributed by atoms with van der Waals surface area (Å²) in [6, 6.07) is -0.182. The highest BCUT2D eigenvalue weighted by atomic mass is 32.1. The molecule has 2 aromatic rings. The van der Waals surface area contributed by atoms with Gasteiger partial charge >= 0.3 is 0 Å². The molecule has 2 rings (SSSR count). The van der Waals surface area contributed by atoms with Crippen molar-refractivity contribution in [3.8, 4) is 0 Å². The molecule has 2 heterocycles. The smallest absolute Gasteiger partial charge is 0.114 e. The van der Waals surface area contributed by atoms with Crippen LogP contribution in [0.4, 0.5) is 0 Å². The van der Waals surface area contributed by atoms with Crippen LogP contribution in [0.1, 0.15) is 43.1 Å². The van der Waals surface area contributed by atoms with Crippen molar-refractivity contribution in [3.05, 3.63) is 34.0 Å². The predicted molar refractivity (Wildman–Crippen MR) is 70.1 cm³/mol. The van der Waals surface area contributed by atoms with E-state index in [0.29, 0.717) is 0 Å². The number of thiazole rings is 1. The molecule has 0 aliphatic carbocycles. The topological polar surface area (TPSA) is 56.7 Å². The predicted octanol–water partition coefficient (Wildman–Crippen LogP) is 2.22. The first-order valence-electron chi connectivity index (χ1n) is 5.58. The van der Waals surface area contributed by atoms with Gasteiger partial charge in [0.05, 0.1) is 11.7 Å². The van der Waals surface area contributed by atoms with Gasteiger partial charge in [0.1, 0.15) is 5.01 Å². The van der Waals surface area contributed by atoms with Gasteiger partial charge in [0.2, 0.25) is 0 Å². The molecule has 1 unspecified atom stereocenters. The number of hydrogen-bond acceptors (Lipinski definition) is 4. The number of aryl methyl sites for hydroxylation is 1. The van der Waals surface area contributed by atoms with E-state index in [-0.39, 0.29) is 11.5 Å². The zero-order valence-corrected chi connectivity index (χ0v) is 11.5. The molecule has 2 aromatic heterocycles.